The van der Waals surface area contributed by atoms with Crippen molar-refractivity contribution in [2.24, 2.45) is 0 Å². The summed E-state index contributed by atoms with van der Waals surface area (Å²) in [5.41, 5.74) is 3.37. The molecule has 0 saturated carbocycles. The van der Waals surface area contributed by atoms with E-state index in [1.54, 1.807) is 12.5 Å². The Morgan fingerprint density at radius 2 is 1.87 bits per heavy atom. The molecule has 1 fully saturated rings. The van der Waals surface area contributed by atoms with Gasteiger partial charge in [0.25, 0.3) is 5.91 Å². The molecule has 158 valence electrons. The Morgan fingerprint density at radius 3 is 2.55 bits per heavy atom. The van der Waals surface area contributed by atoms with E-state index in [2.05, 4.69) is 43.2 Å². The van der Waals surface area contributed by atoms with E-state index in [1.165, 1.54) is 5.56 Å². The van der Waals surface area contributed by atoms with Crippen LogP contribution in [0.25, 0.3) is 22.5 Å². The third kappa shape index (κ3) is 3.63. The molecule has 0 aliphatic carbocycles. The van der Waals surface area contributed by atoms with Gasteiger partial charge in [-0.3, -0.25) is 4.79 Å². The van der Waals surface area contributed by atoms with Crippen LogP contribution in [-0.4, -0.2) is 38.7 Å². The van der Waals surface area contributed by atoms with Crippen LogP contribution in [0, 0.1) is 0 Å². The number of rotatable bonds is 4. The first-order chi connectivity index (χ1) is 15.1. The normalized spacial score (nSPS) is 15.1. The molecule has 0 bridgehead atoms. The molecule has 31 heavy (non-hydrogen) atoms. The number of pyridine rings is 1. The van der Waals surface area contributed by atoms with Gasteiger partial charge in [0.1, 0.15) is 5.69 Å². The minimum atomic E-state index is 0.0371. The van der Waals surface area contributed by atoms with Crippen LogP contribution < -0.4 is 0 Å². The Labute approximate surface area is 181 Å². The van der Waals surface area contributed by atoms with E-state index in [0.29, 0.717) is 28.6 Å². The fourth-order valence-corrected chi connectivity index (χ4v) is 4.43. The van der Waals surface area contributed by atoms with Gasteiger partial charge in [-0.25, -0.2) is 9.67 Å². The molecule has 5 rings (SSSR count). The number of carbonyl (C=O) groups is 1. The maximum atomic E-state index is 13.6. The largest absolute Gasteiger partial charge is 0.463 e. The molecule has 4 aromatic rings. The predicted octanol–water partition coefficient (Wildman–Crippen LogP) is 5.29. The SMILES string of the molecule is CC(C)n1ncc2c(C(=O)N3CCC(c4ccccc4)CC3)cc(-c3ccco3)nc21. The summed E-state index contributed by atoms with van der Waals surface area (Å²) in [5, 5.41) is 5.30. The second-order valence-corrected chi connectivity index (χ2v) is 8.43. The molecule has 0 unspecified atom stereocenters. The molecule has 0 radical (unpaired) electrons. The van der Waals surface area contributed by atoms with Gasteiger partial charge in [-0.05, 0) is 56.4 Å². The summed E-state index contributed by atoms with van der Waals surface area (Å²) in [6.45, 7) is 5.61. The maximum absolute atomic E-state index is 13.6. The van der Waals surface area contributed by atoms with Crippen molar-refractivity contribution in [1.29, 1.82) is 0 Å². The molecule has 0 atom stereocenters. The number of benzene rings is 1. The molecule has 1 amide bonds. The van der Waals surface area contributed by atoms with Crippen LogP contribution in [0.3, 0.4) is 0 Å². The number of nitrogens with zero attached hydrogens (tertiary/aromatic N) is 4. The van der Waals surface area contributed by atoms with Crippen molar-refractivity contribution >= 4 is 16.9 Å². The lowest BCUT2D eigenvalue weighted by Crippen LogP contribution is -2.38. The van der Waals surface area contributed by atoms with Crippen molar-refractivity contribution in [3.63, 3.8) is 0 Å². The van der Waals surface area contributed by atoms with Gasteiger partial charge in [-0.15, -0.1) is 0 Å². The summed E-state index contributed by atoms with van der Waals surface area (Å²) in [6, 6.07) is 16.3. The molecule has 1 saturated heterocycles. The van der Waals surface area contributed by atoms with Gasteiger partial charge in [0.2, 0.25) is 0 Å². The molecular weight excluding hydrogens is 388 g/mol. The molecule has 1 aromatic carbocycles. The summed E-state index contributed by atoms with van der Waals surface area (Å²) < 4.78 is 7.43. The Hall–Kier alpha value is -3.41. The number of hydrogen-bond acceptors (Lipinski definition) is 4. The fourth-order valence-electron chi connectivity index (χ4n) is 4.43. The lowest BCUT2D eigenvalue weighted by atomic mass is 9.89. The van der Waals surface area contributed by atoms with Crippen LogP contribution in [0.2, 0.25) is 0 Å². The number of likely N-dealkylation sites (tertiary alicyclic amines) is 1. The molecule has 1 aliphatic rings. The Balaban J connectivity index is 1.47. The number of aromatic nitrogens is 3. The van der Waals surface area contributed by atoms with E-state index in [-0.39, 0.29) is 11.9 Å². The number of amides is 1. The highest BCUT2D eigenvalue weighted by Crippen LogP contribution is 2.31. The smallest absolute Gasteiger partial charge is 0.254 e. The van der Waals surface area contributed by atoms with E-state index in [9.17, 15) is 4.79 Å². The third-order valence-electron chi connectivity index (χ3n) is 6.11. The van der Waals surface area contributed by atoms with Crippen molar-refractivity contribution < 1.29 is 9.21 Å². The lowest BCUT2D eigenvalue weighted by molar-refractivity contribution is 0.0715. The van der Waals surface area contributed by atoms with E-state index in [1.807, 2.05) is 33.8 Å². The van der Waals surface area contributed by atoms with Gasteiger partial charge in [0.15, 0.2) is 11.4 Å². The third-order valence-corrected chi connectivity index (χ3v) is 6.11. The molecule has 1 aliphatic heterocycles. The van der Waals surface area contributed by atoms with E-state index in [4.69, 9.17) is 9.40 Å². The van der Waals surface area contributed by atoms with Gasteiger partial charge in [-0.2, -0.15) is 5.10 Å². The number of carbonyl (C=O) groups excluding carboxylic acids is 1. The van der Waals surface area contributed by atoms with Crippen molar-refractivity contribution in [2.75, 3.05) is 13.1 Å². The van der Waals surface area contributed by atoms with Crippen molar-refractivity contribution in [1.82, 2.24) is 19.7 Å². The van der Waals surface area contributed by atoms with Crippen LogP contribution >= 0.6 is 0 Å². The number of furan rings is 1. The Morgan fingerprint density at radius 1 is 1.10 bits per heavy atom. The highest BCUT2D eigenvalue weighted by atomic mass is 16.3. The second kappa shape index (κ2) is 8.02. The number of fused-ring (bicyclic) bond motifs is 1. The quantitative estimate of drug-likeness (QED) is 0.455. The second-order valence-electron chi connectivity index (χ2n) is 8.43. The average Bonchev–Trinajstić information content (AvgIpc) is 3.49. The van der Waals surface area contributed by atoms with Crippen molar-refractivity contribution in [2.45, 2.75) is 38.6 Å². The number of hydrogen-bond donors (Lipinski definition) is 0. The molecular formula is C25H26N4O2. The van der Waals surface area contributed by atoms with E-state index < -0.39 is 0 Å². The molecule has 0 N–H and O–H groups in total. The summed E-state index contributed by atoms with van der Waals surface area (Å²) in [4.78, 5) is 20.3. The predicted molar refractivity (Wildman–Crippen MR) is 120 cm³/mol. The monoisotopic (exact) mass is 414 g/mol. The van der Waals surface area contributed by atoms with Crippen LogP contribution in [0.4, 0.5) is 0 Å². The fraction of sp³-hybridized carbons (Fsp3) is 0.320. The Kier molecular flexibility index (Phi) is 5.06. The molecule has 4 heterocycles. The maximum Gasteiger partial charge on any atom is 0.254 e. The van der Waals surface area contributed by atoms with Crippen LogP contribution in [-0.2, 0) is 0 Å². The van der Waals surface area contributed by atoms with Crippen LogP contribution in [0.1, 0.15) is 54.6 Å². The lowest BCUT2D eigenvalue weighted by Gasteiger charge is -2.32. The minimum absolute atomic E-state index is 0.0371. The summed E-state index contributed by atoms with van der Waals surface area (Å²) in [5.74, 6) is 1.19. The van der Waals surface area contributed by atoms with Gasteiger partial charge in [0, 0.05) is 19.1 Å². The summed E-state index contributed by atoms with van der Waals surface area (Å²) >= 11 is 0. The van der Waals surface area contributed by atoms with E-state index in [0.717, 1.165) is 31.3 Å². The van der Waals surface area contributed by atoms with Crippen molar-refractivity contribution in [3.05, 3.63) is 72.1 Å². The molecule has 3 aromatic heterocycles. The zero-order valence-electron chi connectivity index (χ0n) is 17.9. The topological polar surface area (TPSA) is 64.2 Å². The van der Waals surface area contributed by atoms with Crippen LogP contribution in [0.5, 0.6) is 0 Å². The van der Waals surface area contributed by atoms with Gasteiger partial charge < -0.3 is 9.32 Å². The minimum Gasteiger partial charge on any atom is -0.463 e. The van der Waals surface area contributed by atoms with Gasteiger partial charge >= 0.3 is 0 Å². The van der Waals surface area contributed by atoms with Gasteiger partial charge in [0.05, 0.1) is 23.4 Å². The van der Waals surface area contributed by atoms with E-state index >= 15 is 0 Å². The number of piperidine rings is 1. The first kappa shape index (κ1) is 19.5. The summed E-state index contributed by atoms with van der Waals surface area (Å²) in [6.07, 6.45) is 5.33. The molecule has 6 heteroatoms. The highest BCUT2D eigenvalue weighted by Gasteiger charge is 2.27. The molecule has 0 spiro atoms. The standard InChI is InChI=1S/C25H26N4O2/c1-17(2)29-24-21(16-26-29)20(15-22(27-24)23-9-6-14-31-23)25(30)28-12-10-19(11-13-28)18-7-4-3-5-8-18/h3-9,14-17,19H,10-13H2,1-2H3. The van der Waals surface area contributed by atoms with Crippen LogP contribution in [0.15, 0.2) is 65.4 Å². The first-order valence-corrected chi connectivity index (χ1v) is 10.9. The zero-order chi connectivity index (χ0) is 21.4. The first-order valence-electron chi connectivity index (χ1n) is 10.9. The Bertz CT molecular complexity index is 1190. The summed E-state index contributed by atoms with van der Waals surface area (Å²) in [7, 11) is 0. The van der Waals surface area contributed by atoms with Crippen molar-refractivity contribution in [3.8, 4) is 11.5 Å². The molecule has 6 nitrogen and oxygen atoms in total. The highest BCUT2D eigenvalue weighted by molar-refractivity contribution is 6.06. The average molecular weight is 415 g/mol. The zero-order valence-corrected chi connectivity index (χ0v) is 17.9. The van der Waals surface area contributed by atoms with Gasteiger partial charge in [-0.1, -0.05) is 30.3 Å².